The maximum atomic E-state index is 12.5. The van der Waals surface area contributed by atoms with E-state index >= 15 is 0 Å². The number of piperidine rings is 1. The summed E-state index contributed by atoms with van der Waals surface area (Å²) in [6.45, 7) is 4.97. The minimum absolute atomic E-state index is 0.0396. The van der Waals surface area contributed by atoms with Gasteiger partial charge in [0.15, 0.2) is 0 Å². The van der Waals surface area contributed by atoms with Crippen molar-refractivity contribution in [3.05, 3.63) is 34.9 Å². The third-order valence-corrected chi connectivity index (χ3v) is 4.57. The van der Waals surface area contributed by atoms with Gasteiger partial charge in [-0.1, -0.05) is 0 Å². The molecule has 1 aliphatic rings. The Morgan fingerprint density at radius 1 is 1.35 bits per heavy atom. The van der Waals surface area contributed by atoms with Gasteiger partial charge in [0.25, 0.3) is 0 Å². The number of nitrogens with zero attached hydrogens (tertiary/aromatic N) is 1. The zero-order valence-corrected chi connectivity index (χ0v) is 14.3. The molecule has 0 bridgehead atoms. The van der Waals surface area contributed by atoms with Crippen LogP contribution in [-0.2, 0) is 4.79 Å². The van der Waals surface area contributed by atoms with E-state index in [0.717, 1.165) is 48.2 Å². The summed E-state index contributed by atoms with van der Waals surface area (Å²) in [5.41, 5.74) is 3.25. The Labute approximate surface area is 138 Å². The molecule has 0 radical (unpaired) electrons. The fourth-order valence-corrected chi connectivity index (χ4v) is 3.31. The molecule has 1 heterocycles. The maximum Gasteiger partial charge on any atom is 0.246 e. The van der Waals surface area contributed by atoms with Crippen LogP contribution < -0.4 is 4.74 Å². The summed E-state index contributed by atoms with van der Waals surface area (Å²) in [7, 11) is 1.66. The zero-order valence-electron chi connectivity index (χ0n) is 14.3. The molecule has 1 aliphatic heterocycles. The highest BCUT2D eigenvalue weighted by Gasteiger charge is 2.24. The Morgan fingerprint density at radius 2 is 2.04 bits per heavy atom. The van der Waals surface area contributed by atoms with Gasteiger partial charge in [-0.25, -0.2) is 0 Å². The molecule has 1 aromatic carbocycles. The van der Waals surface area contributed by atoms with E-state index in [0.29, 0.717) is 6.42 Å². The predicted octanol–water partition coefficient (Wildman–Crippen LogP) is 3.09. The molecule has 2 rings (SSSR count). The van der Waals surface area contributed by atoms with E-state index in [1.165, 1.54) is 0 Å². The van der Waals surface area contributed by atoms with Crippen LogP contribution in [0.3, 0.4) is 0 Å². The lowest BCUT2D eigenvalue weighted by atomic mass is 9.99. The number of aliphatic hydroxyl groups is 1. The molecule has 0 saturated carbocycles. The Morgan fingerprint density at radius 3 is 2.65 bits per heavy atom. The van der Waals surface area contributed by atoms with Gasteiger partial charge in [-0.2, -0.15) is 0 Å². The number of likely N-dealkylation sites (tertiary alicyclic amines) is 1. The first kappa shape index (κ1) is 17.5. The molecule has 23 heavy (non-hydrogen) atoms. The van der Waals surface area contributed by atoms with Gasteiger partial charge in [0, 0.05) is 25.3 Å². The third kappa shape index (κ3) is 4.35. The van der Waals surface area contributed by atoms with Gasteiger partial charge in [0.2, 0.25) is 5.91 Å². The smallest absolute Gasteiger partial charge is 0.246 e. The molecular weight excluding hydrogens is 290 g/mol. The quantitative estimate of drug-likeness (QED) is 0.849. The summed E-state index contributed by atoms with van der Waals surface area (Å²) in [6.07, 6.45) is 7.40. The average Bonchev–Trinajstić information content (AvgIpc) is 2.54. The van der Waals surface area contributed by atoms with E-state index in [1.807, 2.05) is 37.0 Å². The molecule has 126 valence electrons. The van der Waals surface area contributed by atoms with Crippen molar-refractivity contribution in [1.29, 1.82) is 0 Å². The Balaban J connectivity index is 2.14. The highest BCUT2D eigenvalue weighted by molar-refractivity contribution is 5.92. The lowest BCUT2D eigenvalue weighted by molar-refractivity contribution is -0.129. The Hall–Kier alpha value is -1.81. The second kappa shape index (κ2) is 8.16. The van der Waals surface area contributed by atoms with E-state index in [1.54, 1.807) is 13.2 Å². The summed E-state index contributed by atoms with van der Waals surface area (Å²) in [5, 5.41) is 9.18. The summed E-state index contributed by atoms with van der Waals surface area (Å²) in [6, 6.07) is 4.13. The summed E-state index contributed by atoms with van der Waals surface area (Å²) in [5.74, 6) is 0.875. The van der Waals surface area contributed by atoms with Crippen LogP contribution in [0.15, 0.2) is 18.2 Å². The number of hydrogen-bond acceptors (Lipinski definition) is 3. The van der Waals surface area contributed by atoms with Gasteiger partial charge in [0.05, 0.1) is 7.11 Å². The van der Waals surface area contributed by atoms with Crippen molar-refractivity contribution in [2.75, 3.05) is 20.3 Å². The van der Waals surface area contributed by atoms with Crippen LogP contribution >= 0.6 is 0 Å². The first-order valence-corrected chi connectivity index (χ1v) is 8.31. The number of carbonyl (C=O) groups excluding carboxylic acids is 1. The van der Waals surface area contributed by atoms with Crippen molar-refractivity contribution in [1.82, 2.24) is 4.90 Å². The molecule has 1 N–H and O–H groups in total. The zero-order chi connectivity index (χ0) is 16.8. The van der Waals surface area contributed by atoms with Crippen molar-refractivity contribution >= 4 is 12.0 Å². The standard InChI is InChI=1S/C19H27NO3/c1-14-12-17(23-3)13-15(2)18(14)7-8-19(22)20-10-5-4-6-16(20)9-11-21/h7-8,12-13,16,21H,4-6,9-11H2,1-3H3/b8-7+. The lowest BCUT2D eigenvalue weighted by Crippen LogP contribution is -2.43. The first-order valence-electron chi connectivity index (χ1n) is 8.31. The molecule has 0 spiro atoms. The van der Waals surface area contributed by atoms with Crippen molar-refractivity contribution in [3.8, 4) is 5.75 Å². The molecule has 1 amide bonds. The predicted molar refractivity (Wildman–Crippen MR) is 92.6 cm³/mol. The van der Waals surface area contributed by atoms with Gasteiger partial charge < -0.3 is 14.7 Å². The summed E-state index contributed by atoms with van der Waals surface area (Å²) >= 11 is 0. The van der Waals surface area contributed by atoms with Gasteiger partial charge in [-0.15, -0.1) is 0 Å². The lowest BCUT2D eigenvalue weighted by Gasteiger charge is -2.34. The van der Waals surface area contributed by atoms with Crippen LogP contribution in [-0.4, -0.2) is 42.2 Å². The second-order valence-corrected chi connectivity index (χ2v) is 6.20. The Kier molecular flexibility index (Phi) is 6.22. The van der Waals surface area contributed by atoms with Gasteiger partial charge in [-0.05, 0) is 74.4 Å². The topological polar surface area (TPSA) is 49.8 Å². The number of ether oxygens (including phenoxy) is 1. The van der Waals surface area contributed by atoms with Gasteiger partial charge in [-0.3, -0.25) is 4.79 Å². The summed E-state index contributed by atoms with van der Waals surface area (Å²) < 4.78 is 5.27. The number of methoxy groups -OCH3 is 1. The van der Waals surface area contributed by atoms with E-state index in [4.69, 9.17) is 4.74 Å². The average molecular weight is 317 g/mol. The number of rotatable bonds is 5. The van der Waals surface area contributed by atoms with Crippen LogP contribution in [0.2, 0.25) is 0 Å². The monoisotopic (exact) mass is 317 g/mol. The molecule has 1 saturated heterocycles. The van der Waals surface area contributed by atoms with Gasteiger partial charge in [0.1, 0.15) is 5.75 Å². The van der Waals surface area contributed by atoms with E-state index in [2.05, 4.69) is 0 Å². The Bertz CT molecular complexity index is 555. The van der Waals surface area contributed by atoms with E-state index < -0.39 is 0 Å². The number of benzene rings is 1. The number of amides is 1. The molecule has 1 aromatic rings. The van der Waals surface area contributed by atoms with E-state index in [-0.39, 0.29) is 18.6 Å². The molecule has 0 aromatic heterocycles. The highest BCUT2D eigenvalue weighted by atomic mass is 16.5. The molecule has 1 atom stereocenters. The molecule has 1 fully saturated rings. The first-order chi connectivity index (χ1) is 11.1. The highest BCUT2D eigenvalue weighted by Crippen LogP contribution is 2.24. The molecular formula is C19H27NO3. The number of hydrogen-bond donors (Lipinski definition) is 1. The number of aliphatic hydroxyl groups excluding tert-OH is 1. The largest absolute Gasteiger partial charge is 0.497 e. The van der Waals surface area contributed by atoms with Crippen LogP contribution in [0, 0.1) is 13.8 Å². The van der Waals surface area contributed by atoms with Crippen molar-refractivity contribution < 1.29 is 14.6 Å². The summed E-state index contributed by atoms with van der Waals surface area (Å²) in [4.78, 5) is 14.4. The minimum Gasteiger partial charge on any atom is -0.497 e. The van der Waals surface area contributed by atoms with Crippen molar-refractivity contribution in [2.45, 2.75) is 45.6 Å². The van der Waals surface area contributed by atoms with Crippen molar-refractivity contribution in [2.24, 2.45) is 0 Å². The van der Waals surface area contributed by atoms with Crippen LogP contribution in [0.1, 0.15) is 42.4 Å². The minimum atomic E-state index is 0.0396. The molecule has 4 heteroatoms. The second-order valence-electron chi connectivity index (χ2n) is 6.20. The van der Waals surface area contributed by atoms with Crippen molar-refractivity contribution in [3.63, 3.8) is 0 Å². The fourth-order valence-electron chi connectivity index (χ4n) is 3.31. The third-order valence-electron chi connectivity index (χ3n) is 4.57. The molecule has 0 aliphatic carbocycles. The molecule has 1 unspecified atom stereocenters. The van der Waals surface area contributed by atoms with Gasteiger partial charge >= 0.3 is 0 Å². The SMILES string of the molecule is COc1cc(C)c(/C=C/C(=O)N2CCCCC2CCO)c(C)c1. The van der Waals surface area contributed by atoms with E-state index in [9.17, 15) is 9.90 Å². The number of carbonyl (C=O) groups is 1. The number of aryl methyl sites for hydroxylation is 2. The molecule has 4 nitrogen and oxygen atoms in total. The normalized spacial score (nSPS) is 18.4. The van der Waals surface area contributed by atoms with Crippen LogP contribution in [0.4, 0.5) is 0 Å². The van der Waals surface area contributed by atoms with Crippen LogP contribution in [0.5, 0.6) is 5.75 Å². The fraction of sp³-hybridized carbons (Fsp3) is 0.526. The van der Waals surface area contributed by atoms with Crippen LogP contribution in [0.25, 0.3) is 6.08 Å². The maximum absolute atomic E-state index is 12.5.